The molecule has 0 bridgehead atoms. The normalized spacial score (nSPS) is 9.24. The molecule has 0 saturated carbocycles. The van der Waals surface area contributed by atoms with Crippen LogP contribution in [0.4, 0.5) is 0 Å². The zero-order chi connectivity index (χ0) is 13.5. The summed E-state index contributed by atoms with van der Waals surface area (Å²) in [5, 5.41) is 3.12. The van der Waals surface area contributed by atoms with Gasteiger partial charge in [0.25, 0.3) is 0 Å². The molecule has 0 aliphatic heterocycles. The lowest BCUT2D eigenvalue weighted by molar-refractivity contribution is 0.303. The molecular formula is C16H25NO2P2. The summed E-state index contributed by atoms with van der Waals surface area (Å²) in [6, 6.07) is 16.0. The van der Waals surface area contributed by atoms with E-state index in [1.54, 1.807) is 7.11 Å². The van der Waals surface area contributed by atoms with Gasteiger partial charge in [-0.05, 0) is 18.7 Å². The predicted molar refractivity (Wildman–Crippen MR) is 98.7 cm³/mol. The Hall–Kier alpha value is -1.14. The van der Waals surface area contributed by atoms with Gasteiger partial charge in [-0.3, -0.25) is 0 Å². The van der Waals surface area contributed by atoms with Crippen LogP contribution in [0.2, 0.25) is 0 Å². The molecule has 2 aromatic carbocycles. The Labute approximate surface area is 133 Å². The van der Waals surface area contributed by atoms with Gasteiger partial charge in [-0.2, -0.15) is 19.8 Å². The van der Waals surface area contributed by atoms with E-state index in [1.807, 2.05) is 55.6 Å². The van der Waals surface area contributed by atoms with Gasteiger partial charge in [-0.15, -0.1) is 0 Å². The molecule has 0 aliphatic rings. The minimum Gasteiger partial charge on any atom is -0.496 e. The minimum absolute atomic E-state index is 0. The van der Waals surface area contributed by atoms with E-state index in [9.17, 15) is 0 Å². The highest BCUT2D eigenvalue weighted by atomic mass is 31.0. The lowest BCUT2D eigenvalue weighted by atomic mass is 10.2. The van der Waals surface area contributed by atoms with Crippen molar-refractivity contribution in [1.82, 2.24) is 5.32 Å². The SMILES string of the molecule is CNCc1ccc(OCc2ccccc2)cc1OC.P.P. The Morgan fingerprint density at radius 2 is 1.71 bits per heavy atom. The summed E-state index contributed by atoms with van der Waals surface area (Å²) in [4.78, 5) is 0. The third-order valence-corrected chi connectivity index (χ3v) is 2.87. The lowest BCUT2D eigenvalue weighted by Crippen LogP contribution is -2.06. The standard InChI is InChI=1S/C16H19NO2.2H3P/c1-17-11-14-8-9-15(10-16(14)18-2)19-12-13-6-4-3-5-7-13;;/h3-10,17H,11-12H2,1-2H3;2*1H3. The van der Waals surface area contributed by atoms with Crippen LogP contribution in [0.25, 0.3) is 0 Å². The van der Waals surface area contributed by atoms with Crippen molar-refractivity contribution >= 4 is 19.8 Å². The summed E-state index contributed by atoms with van der Waals surface area (Å²) in [5.74, 6) is 1.67. The van der Waals surface area contributed by atoms with Gasteiger partial charge in [0.1, 0.15) is 18.1 Å². The molecule has 2 unspecified atom stereocenters. The first-order valence-electron chi connectivity index (χ1n) is 6.31. The zero-order valence-corrected chi connectivity index (χ0v) is 15.6. The highest BCUT2D eigenvalue weighted by molar-refractivity contribution is 6.92. The van der Waals surface area contributed by atoms with Gasteiger partial charge >= 0.3 is 0 Å². The van der Waals surface area contributed by atoms with Crippen LogP contribution >= 0.6 is 19.8 Å². The van der Waals surface area contributed by atoms with E-state index in [2.05, 4.69) is 5.32 Å². The van der Waals surface area contributed by atoms with Gasteiger partial charge in [0.15, 0.2) is 0 Å². The first-order chi connectivity index (χ1) is 9.33. The fraction of sp³-hybridized carbons (Fsp3) is 0.250. The Bertz CT molecular complexity index is 521. The van der Waals surface area contributed by atoms with Gasteiger partial charge in [0.2, 0.25) is 0 Å². The summed E-state index contributed by atoms with van der Waals surface area (Å²) in [7, 11) is 3.59. The van der Waals surface area contributed by atoms with E-state index >= 15 is 0 Å². The first kappa shape index (κ1) is 19.9. The van der Waals surface area contributed by atoms with Crippen molar-refractivity contribution in [3.63, 3.8) is 0 Å². The summed E-state index contributed by atoms with van der Waals surface area (Å²) < 4.78 is 11.1. The highest BCUT2D eigenvalue weighted by Gasteiger charge is 2.04. The first-order valence-corrected chi connectivity index (χ1v) is 6.31. The molecule has 21 heavy (non-hydrogen) atoms. The van der Waals surface area contributed by atoms with Crippen molar-refractivity contribution in [1.29, 1.82) is 0 Å². The number of rotatable bonds is 6. The van der Waals surface area contributed by atoms with Crippen LogP contribution < -0.4 is 14.8 Å². The van der Waals surface area contributed by atoms with Gasteiger partial charge in [-0.25, -0.2) is 0 Å². The van der Waals surface area contributed by atoms with Crippen molar-refractivity contribution in [3.8, 4) is 11.5 Å². The van der Waals surface area contributed by atoms with Crippen LogP contribution in [-0.2, 0) is 13.2 Å². The molecule has 0 radical (unpaired) electrons. The van der Waals surface area contributed by atoms with E-state index < -0.39 is 0 Å². The predicted octanol–water partition coefficient (Wildman–Crippen LogP) is 3.11. The van der Waals surface area contributed by atoms with Gasteiger partial charge in [0.05, 0.1) is 7.11 Å². The molecule has 3 nitrogen and oxygen atoms in total. The van der Waals surface area contributed by atoms with Crippen LogP contribution in [0, 0.1) is 0 Å². The number of benzene rings is 2. The molecule has 0 fully saturated rings. The number of hydrogen-bond donors (Lipinski definition) is 1. The van der Waals surface area contributed by atoms with Crippen molar-refractivity contribution < 1.29 is 9.47 Å². The third-order valence-electron chi connectivity index (χ3n) is 2.87. The second-order valence-electron chi connectivity index (χ2n) is 4.28. The van der Waals surface area contributed by atoms with Crippen molar-refractivity contribution in [2.75, 3.05) is 14.2 Å². The van der Waals surface area contributed by atoms with Gasteiger partial charge in [-0.1, -0.05) is 36.4 Å². The maximum absolute atomic E-state index is 5.77. The summed E-state index contributed by atoms with van der Waals surface area (Å²) in [6.45, 7) is 1.34. The quantitative estimate of drug-likeness (QED) is 0.828. The Morgan fingerprint density at radius 3 is 2.33 bits per heavy atom. The average molecular weight is 325 g/mol. The smallest absolute Gasteiger partial charge is 0.127 e. The molecule has 0 aromatic heterocycles. The highest BCUT2D eigenvalue weighted by Crippen LogP contribution is 2.25. The van der Waals surface area contributed by atoms with E-state index in [4.69, 9.17) is 9.47 Å². The fourth-order valence-corrected chi connectivity index (χ4v) is 1.89. The molecule has 0 spiro atoms. The molecule has 2 aromatic rings. The van der Waals surface area contributed by atoms with Crippen molar-refractivity contribution in [3.05, 3.63) is 59.7 Å². The van der Waals surface area contributed by atoms with Crippen LogP contribution in [0.1, 0.15) is 11.1 Å². The number of methoxy groups -OCH3 is 1. The Morgan fingerprint density at radius 1 is 1.00 bits per heavy atom. The maximum atomic E-state index is 5.77. The molecular weight excluding hydrogens is 300 g/mol. The summed E-state index contributed by atoms with van der Waals surface area (Å²) in [5.41, 5.74) is 2.28. The number of ether oxygens (including phenoxy) is 2. The molecule has 2 atom stereocenters. The van der Waals surface area contributed by atoms with Crippen LogP contribution in [-0.4, -0.2) is 14.2 Å². The van der Waals surface area contributed by atoms with Gasteiger partial charge in [0, 0.05) is 18.2 Å². The molecule has 0 heterocycles. The monoisotopic (exact) mass is 325 g/mol. The second-order valence-corrected chi connectivity index (χ2v) is 4.28. The Balaban J connectivity index is 0.00000200. The summed E-state index contributed by atoms with van der Waals surface area (Å²) >= 11 is 0. The zero-order valence-electron chi connectivity index (χ0n) is 12.8. The van der Waals surface area contributed by atoms with E-state index in [-0.39, 0.29) is 19.8 Å². The van der Waals surface area contributed by atoms with E-state index in [1.165, 1.54) is 0 Å². The topological polar surface area (TPSA) is 30.5 Å². The second kappa shape index (κ2) is 10.6. The van der Waals surface area contributed by atoms with Crippen LogP contribution in [0.5, 0.6) is 11.5 Å². The lowest BCUT2D eigenvalue weighted by Gasteiger charge is -2.11. The molecule has 116 valence electrons. The third kappa shape index (κ3) is 6.01. The largest absolute Gasteiger partial charge is 0.496 e. The van der Waals surface area contributed by atoms with Crippen LogP contribution in [0.3, 0.4) is 0 Å². The fourth-order valence-electron chi connectivity index (χ4n) is 1.89. The molecule has 0 saturated heterocycles. The number of nitrogens with one attached hydrogen (secondary N) is 1. The minimum atomic E-state index is 0. The Kier molecular flexibility index (Phi) is 9.99. The molecule has 0 amide bonds. The van der Waals surface area contributed by atoms with Crippen LogP contribution in [0.15, 0.2) is 48.5 Å². The average Bonchev–Trinajstić information content (AvgIpc) is 2.47. The van der Waals surface area contributed by atoms with Crippen molar-refractivity contribution in [2.45, 2.75) is 13.2 Å². The molecule has 0 aliphatic carbocycles. The summed E-state index contributed by atoms with van der Waals surface area (Å²) in [6.07, 6.45) is 0. The number of hydrogen-bond acceptors (Lipinski definition) is 3. The van der Waals surface area contributed by atoms with E-state index in [0.717, 1.165) is 29.2 Å². The molecule has 1 N–H and O–H groups in total. The molecule has 5 heteroatoms. The van der Waals surface area contributed by atoms with Gasteiger partial charge < -0.3 is 14.8 Å². The molecule has 2 rings (SSSR count). The maximum Gasteiger partial charge on any atom is 0.127 e. The van der Waals surface area contributed by atoms with E-state index in [0.29, 0.717) is 6.61 Å². The van der Waals surface area contributed by atoms with Crippen molar-refractivity contribution in [2.24, 2.45) is 0 Å².